The van der Waals surface area contributed by atoms with Gasteiger partial charge in [-0.15, -0.1) is 0 Å². The minimum absolute atomic E-state index is 0.0436. The summed E-state index contributed by atoms with van der Waals surface area (Å²) in [7, 11) is 1.90. The van der Waals surface area contributed by atoms with E-state index < -0.39 is 0 Å². The van der Waals surface area contributed by atoms with Crippen LogP contribution in [0, 0.1) is 0 Å². The molecule has 2 atom stereocenters. The van der Waals surface area contributed by atoms with E-state index in [9.17, 15) is 4.79 Å². The van der Waals surface area contributed by atoms with E-state index in [1.807, 2.05) is 25.5 Å². The fraction of sp³-hybridized carbons (Fsp3) is 0.524. The number of nitrogens with one attached hydrogen (secondary N) is 2. The molecule has 2 aromatic rings. The predicted molar refractivity (Wildman–Crippen MR) is 103 cm³/mol. The lowest BCUT2D eigenvalue weighted by Crippen LogP contribution is -2.48. The Morgan fingerprint density at radius 2 is 2.15 bits per heavy atom. The van der Waals surface area contributed by atoms with Gasteiger partial charge in [0, 0.05) is 37.8 Å². The number of nitrogens with zero attached hydrogens (tertiary/aromatic N) is 2. The van der Waals surface area contributed by atoms with Gasteiger partial charge in [-0.3, -0.25) is 9.48 Å². The van der Waals surface area contributed by atoms with Crippen molar-refractivity contribution in [2.24, 2.45) is 7.05 Å². The van der Waals surface area contributed by atoms with Crippen molar-refractivity contribution in [3.8, 4) is 5.75 Å². The predicted octanol–water partition coefficient (Wildman–Crippen LogP) is 2.85. The largest absolute Gasteiger partial charge is 0.490 e. The van der Waals surface area contributed by atoms with Crippen LogP contribution in [0.1, 0.15) is 55.7 Å². The number of ether oxygens (including phenoxy) is 1. The van der Waals surface area contributed by atoms with Gasteiger partial charge in [-0.1, -0.05) is 12.1 Å². The molecule has 27 heavy (non-hydrogen) atoms. The summed E-state index contributed by atoms with van der Waals surface area (Å²) in [6, 6.07) is 8.49. The lowest BCUT2D eigenvalue weighted by atomic mass is 9.93. The van der Waals surface area contributed by atoms with Crippen LogP contribution < -0.4 is 15.4 Å². The van der Waals surface area contributed by atoms with Gasteiger partial charge in [-0.2, -0.15) is 5.10 Å². The van der Waals surface area contributed by atoms with Crippen LogP contribution in [0.25, 0.3) is 0 Å². The number of benzene rings is 1. The minimum atomic E-state index is -0.0436. The molecule has 4 rings (SSSR count). The van der Waals surface area contributed by atoms with E-state index in [0.29, 0.717) is 12.5 Å². The third-order valence-corrected chi connectivity index (χ3v) is 5.56. The van der Waals surface area contributed by atoms with Crippen molar-refractivity contribution in [2.45, 2.75) is 63.3 Å². The van der Waals surface area contributed by atoms with Gasteiger partial charge in [0.25, 0.3) is 0 Å². The number of hydrogen-bond acceptors (Lipinski definition) is 4. The Kier molecular flexibility index (Phi) is 5.43. The highest BCUT2D eigenvalue weighted by Gasteiger charge is 2.30. The molecule has 0 radical (unpaired) electrons. The molecular weight excluding hydrogens is 340 g/mol. The molecule has 1 saturated heterocycles. The number of hydrogen-bond donors (Lipinski definition) is 2. The maximum absolute atomic E-state index is 11.9. The van der Waals surface area contributed by atoms with Crippen LogP contribution in [0.15, 0.2) is 36.7 Å². The maximum atomic E-state index is 11.9. The van der Waals surface area contributed by atoms with E-state index in [4.69, 9.17) is 4.74 Å². The normalized spacial score (nSPS) is 23.4. The molecule has 0 unspecified atom stereocenters. The Bertz CT molecular complexity index is 782. The Labute approximate surface area is 160 Å². The summed E-state index contributed by atoms with van der Waals surface area (Å²) in [5.74, 6) is 1.07. The van der Waals surface area contributed by atoms with Crippen LogP contribution in [0.5, 0.6) is 5.75 Å². The average molecular weight is 368 g/mol. The number of aromatic nitrogens is 2. The van der Waals surface area contributed by atoms with Crippen molar-refractivity contribution in [1.82, 2.24) is 20.4 Å². The quantitative estimate of drug-likeness (QED) is 0.823. The molecular formula is C21H28N4O2. The lowest BCUT2D eigenvalue weighted by Gasteiger charge is -2.32. The molecule has 6 nitrogen and oxygen atoms in total. The van der Waals surface area contributed by atoms with Gasteiger partial charge in [0.15, 0.2) is 0 Å². The second-order valence-corrected chi connectivity index (χ2v) is 7.69. The van der Waals surface area contributed by atoms with Crippen molar-refractivity contribution in [3.05, 3.63) is 47.8 Å². The number of aryl methyl sites for hydroxylation is 1. The number of amides is 1. The Balaban J connectivity index is 1.39. The summed E-state index contributed by atoms with van der Waals surface area (Å²) in [6.07, 6.45) is 10.4. The first kappa shape index (κ1) is 18.0. The highest BCUT2D eigenvalue weighted by molar-refractivity contribution is 5.77. The third-order valence-electron chi connectivity index (χ3n) is 5.56. The zero-order chi connectivity index (χ0) is 18.6. The number of piperidine rings is 1. The van der Waals surface area contributed by atoms with Gasteiger partial charge in [0.2, 0.25) is 5.91 Å². The minimum Gasteiger partial charge on any atom is -0.490 e. The average Bonchev–Trinajstić information content (AvgIpc) is 3.33. The zero-order valence-corrected chi connectivity index (χ0v) is 15.9. The van der Waals surface area contributed by atoms with Gasteiger partial charge < -0.3 is 15.4 Å². The summed E-state index contributed by atoms with van der Waals surface area (Å²) < 4.78 is 7.89. The van der Waals surface area contributed by atoms with Crippen LogP contribution in [0.2, 0.25) is 0 Å². The van der Waals surface area contributed by atoms with Crippen molar-refractivity contribution in [1.29, 1.82) is 0 Å². The molecule has 1 amide bonds. The number of carbonyl (C=O) groups is 1. The van der Waals surface area contributed by atoms with E-state index >= 15 is 0 Å². The first-order valence-electron chi connectivity index (χ1n) is 9.94. The Morgan fingerprint density at radius 1 is 1.30 bits per heavy atom. The standard InChI is InChI=1S/C21H28N4O2/c1-25-14-16(13-23-25)21-19(9-10-20(26)24-21)22-12-15-5-4-8-18(11-15)27-17-6-2-3-7-17/h4-5,8,11,13-14,17,19,21-22H,2-3,6-7,9-10,12H2,1H3,(H,24,26)/t19-,21+/m1/s1. The number of rotatable bonds is 6. The third kappa shape index (κ3) is 4.50. The smallest absolute Gasteiger partial charge is 0.220 e. The summed E-state index contributed by atoms with van der Waals surface area (Å²) >= 11 is 0. The lowest BCUT2D eigenvalue weighted by molar-refractivity contribution is -0.123. The zero-order valence-electron chi connectivity index (χ0n) is 15.9. The molecule has 144 valence electrons. The molecule has 0 bridgehead atoms. The van der Waals surface area contributed by atoms with Crippen LogP contribution in [-0.2, 0) is 18.4 Å². The highest BCUT2D eigenvalue weighted by Crippen LogP contribution is 2.26. The topological polar surface area (TPSA) is 68.2 Å². The molecule has 1 aromatic carbocycles. The molecule has 6 heteroatoms. The van der Waals surface area contributed by atoms with Crippen molar-refractivity contribution in [2.75, 3.05) is 0 Å². The molecule has 2 heterocycles. The molecule has 1 aliphatic heterocycles. The van der Waals surface area contributed by atoms with Gasteiger partial charge in [0.05, 0.1) is 18.3 Å². The van der Waals surface area contributed by atoms with Crippen LogP contribution in [0.4, 0.5) is 0 Å². The fourth-order valence-corrected chi connectivity index (χ4v) is 4.11. The Morgan fingerprint density at radius 3 is 2.93 bits per heavy atom. The van der Waals surface area contributed by atoms with Gasteiger partial charge >= 0.3 is 0 Å². The molecule has 2 aliphatic rings. The van der Waals surface area contributed by atoms with Crippen molar-refractivity contribution >= 4 is 5.91 Å². The van der Waals surface area contributed by atoms with E-state index in [-0.39, 0.29) is 18.0 Å². The van der Waals surface area contributed by atoms with E-state index in [1.165, 1.54) is 18.4 Å². The maximum Gasteiger partial charge on any atom is 0.220 e. The van der Waals surface area contributed by atoms with Crippen LogP contribution >= 0.6 is 0 Å². The van der Waals surface area contributed by atoms with Crippen LogP contribution in [0.3, 0.4) is 0 Å². The molecule has 0 spiro atoms. The van der Waals surface area contributed by atoms with E-state index in [1.54, 1.807) is 4.68 Å². The van der Waals surface area contributed by atoms with Crippen LogP contribution in [-0.4, -0.2) is 27.8 Å². The SMILES string of the molecule is Cn1cc([C@@H]2NC(=O)CC[C@H]2NCc2cccc(OC3CCCC3)c2)cn1. The summed E-state index contributed by atoms with van der Waals surface area (Å²) in [5.41, 5.74) is 2.24. The summed E-state index contributed by atoms with van der Waals surface area (Å²) in [4.78, 5) is 11.9. The second kappa shape index (κ2) is 8.13. The molecule has 1 saturated carbocycles. The molecule has 1 aromatic heterocycles. The summed E-state index contributed by atoms with van der Waals surface area (Å²) in [5, 5.41) is 11.0. The van der Waals surface area contributed by atoms with Gasteiger partial charge in [0.1, 0.15) is 5.75 Å². The summed E-state index contributed by atoms with van der Waals surface area (Å²) in [6.45, 7) is 0.749. The van der Waals surface area contributed by atoms with Gasteiger partial charge in [-0.25, -0.2) is 0 Å². The van der Waals surface area contributed by atoms with E-state index in [0.717, 1.165) is 37.1 Å². The fourth-order valence-electron chi connectivity index (χ4n) is 4.11. The molecule has 2 N–H and O–H groups in total. The van der Waals surface area contributed by atoms with Crippen molar-refractivity contribution < 1.29 is 9.53 Å². The first-order chi connectivity index (χ1) is 13.2. The molecule has 2 fully saturated rings. The monoisotopic (exact) mass is 368 g/mol. The highest BCUT2D eigenvalue weighted by atomic mass is 16.5. The second-order valence-electron chi connectivity index (χ2n) is 7.69. The van der Waals surface area contributed by atoms with E-state index in [2.05, 4.69) is 33.9 Å². The Hall–Kier alpha value is -2.34. The van der Waals surface area contributed by atoms with Gasteiger partial charge in [-0.05, 0) is 49.8 Å². The first-order valence-corrected chi connectivity index (χ1v) is 9.94. The van der Waals surface area contributed by atoms with Crippen molar-refractivity contribution in [3.63, 3.8) is 0 Å². The number of carbonyl (C=O) groups excluding carboxylic acids is 1. The molecule has 1 aliphatic carbocycles.